The SMILES string of the molecule is CNC(c1cncc(Br)n1)C1CC(O)C1. The fourth-order valence-corrected chi connectivity index (χ4v) is 2.36. The van der Waals surface area contributed by atoms with Gasteiger partial charge in [-0.05, 0) is 41.7 Å². The molecule has 82 valence electrons. The molecular formula is C10H14BrN3O. The van der Waals surface area contributed by atoms with Crippen molar-refractivity contribution in [2.45, 2.75) is 25.0 Å². The van der Waals surface area contributed by atoms with Crippen molar-refractivity contribution in [2.75, 3.05) is 7.05 Å². The summed E-state index contributed by atoms with van der Waals surface area (Å²) in [5, 5.41) is 12.5. The molecule has 5 heteroatoms. The largest absolute Gasteiger partial charge is 0.393 e. The van der Waals surface area contributed by atoms with Crippen LogP contribution in [-0.2, 0) is 0 Å². The lowest BCUT2D eigenvalue weighted by Gasteiger charge is -2.37. The van der Waals surface area contributed by atoms with Crippen LogP contribution in [0.15, 0.2) is 17.0 Å². The highest BCUT2D eigenvalue weighted by Crippen LogP contribution is 2.37. The maximum absolute atomic E-state index is 9.29. The molecule has 0 amide bonds. The van der Waals surface area contributed by atoms with Crippen molar-refractivity contribution in [1.82, 2.24) is 15.3 Å². The van der Waals surface area contributed by atoms with E-state index in [1.165, 1.54) is 0 Å². The number of nitrogens with zero attached hydrogens (tertiary/aromatic N) is 2. The molecule has 1 aliphatic rings. The zero-order valence-corrected chi connectivity index (χ0v) is 10.1. The van der Waals surface area contributed by atoms with Crippen LogP contribution in [0.1, 0.15) is 24.6 Å². The van der Waals surface area contributed by atoms with Gasteiger partial charge in [0.25, 0.3) is 0 Å². The van der Waals surface area contributed by atoms with E-state index in [1.807, 2.05) is 7.05 Å². The fraction of sp³-hybridized carbons (Fsp3) is 0.600. The van der Waals surface area contributed by atoms with Crippen molar-refractivity contribution in [3.63, 3.8) is 0 Å². The molecule has 2 rings (SSSR count). The predicted octanol–water partition coefficient (Wildman–Crippen LogP) is 1.27. The highest BCUT2D eigenvalue weighted by atomic mass is 79.9. The number of hydrogen-bond donors (Lipinski definition) is 2. The lowest BCUT2D eigenvalue weighted by molar-refractivity contribution is 0.0247. The van der Waals surface area contributed by atoms with Gasteiger partial charge >= 0.3 is 0 Å². The zero-order chi connectivity index (χ0) is 10.8. The van der Waals surface area contributed by atoms with Gasteiger partial charge in [0.05, 0.1) is 30.2 Å². The molecule has 1 aromatic rings. The van der Waals surface area contributed by atoms with E-state index in [2.05, 4.69) is 31.2 Å². The molecule has 1 unspecified atom stereocenters. The summed E-state index contributed by atoms with van der Waals surface area (Å²) in [7, 11) is 1.91. The number of hydrogen-bond acceptors (Lipinski definition) is 4. The smallest absolute Gasteiger partial charge is 0.124 e. The molecule has 4 nitrogen and oxygen atoms in total. The number of aliphatic hydroxyl groups excluding tert-OH is 1. The second-order valence-corrected chi connectivity index (χ2v) is 4.73. The van der Waals surface area contributed by atoms with Crippen LogP contribution in [-0.4, -0.2) is 28.2 Å². The first kappa shape index (κ1) is 11.0. The monoisotopic (exact) mass is 271 g/mol. The van der Waals surface area contributed by atoms with Gasteiger partial charge < -0.3 is 10.4 Å². The van der Waals surface area contributed by atoms with E-state index >= 15 is 0 Å². The van der Waals surface area contributed by atoms with Gasteiger partial charge in [-0.2, -0.15) is 0 Å². The molecule has 1 saturated carbocycles. The van der Waals surface area contributed by atoms with Crippen LogP contribution >= 0.6 is 15.9 Å². The third-order valence-electron chi connectivity index (χ3n) is 2.87. The van der Waals surface area contributed by atoms with Crippen molar-refractivity contribution < 1.29 is 5.11 Å². The van der Waals surface area contributed by atoms with Crippen molar-refractivity contribution in [1.29, 1.82) is 0 Å². The van der Waals surface area contributed by atoms with Gasteiger partial charge in [-0.15, -0.1) is 0 Å². The molecule has 2 N–H and O–H groups in total. The number of halogens is 1. The number of nitrogens with one attached hydrogen (secondary N) is 1. The van der Waals surface area contributed by atoms with E-state index in [4.69, 9.17) is 0 Å². The Labute approximate surface area is 97.3 Å². The van der Waals surface area contributed by atoms with E-state index in [0.717, 1.165) is 23.1 Å². The van der Waals surface area contributed by atoms with Crippen LogP contribution < -0.4 is 5.32 Å². The van der Waals surface area contributed by atoms with Gasteiger partial charge in [-0.25, -0.2) is 4.98 Å². The Bertz CT molecular complexity index is 341. The first-order valence-electron chi connectivity index (χ1n) is 5.03. The van der Waals surface area contributed by atoms with Crippen molar-refractivity contribution in [2.24, 2.45) is 5.92 Å². The molecule has 1 aromatic heterocycles. The number of aromatic nitrogens is 2. The van der Waals surface area contributed by atoms with E-state index in [1.54, 1.807) is 12.4 Å². The van der Waals surface area contributed by atoms with Crippen LogP contribution in [0, 0.1) is 5.92 Å². The van der Waals surface area contributed by atoms with Gasteiger partial charge in [-0.1, -0.05) is 0 Å². The van der Waals surface area contributed by atoms with Crippen molar-refractivity contribution >= 4 is 15.9 Å². The molecule has 0 spiro atoms. The maximum Gasteiger partial charge on any atom is 0.124 e. The Balaban J connectivity index is 2.12. The van der Waals surface area contributed by atoms with Crippen molar-refractivity contribution in [3.8, 4) is 0 Å². The minimum atomic E-state index is -0.133. The van der Waals surface area contributed by atoms with Gasteiger partial charge in [0, 0.05) is 0 Å². The minimum absolute atomic E-state index is 0.133. The van der Waals surface area contributed by atoms with Crippen LogP contribution in [0.25, 0.3) is 0 Å². The molecule has 0 saturated heterocycles. The van der Waals surface area contributed by atoms with Crippen LogP contribution in [0.2, 0.25) is 0 Å². The summed E-state index contributed by atoms with van der Waals surface area (Å²) in [6.45, 7) is 0. The van der Waals surface area contributed by atoms with Gasteiger partial charge in [0.15, 0.2) is 0 Å². The Morgan fingerprint density at radius 2 is 2.27 bits per heavy atom. The molecule has 1 atom stereocenters. The Morgan fingerprint density at radius 1 is 1.53 bits per heavy atom. The molecule has 0 bridgehead atoms. The first-order chi connectivity index (χ1) is 7.20. The number of aliphatic hydroxyl groups is 1. The molecular weight excluding hydrogens is 258 g/mol. The van der Waals surface area contributed by atoms with E-state index < -0.39 is 0 Å². The van der Waals surface area contributed by atoms with Crippen LogP contribution in [0.5, 0.6) is 0 Å². The summed E-state index contributed by atoms with van der Waals surface area (Å²) in [5.41, 5.74) is 0.934. The molecule has 0 aliphatic heterocycles. The summed E-state index contributed by atoms with van der Waals surface area (Å²) >= 11 is 3.31. The quantitative estimate of drug-likeness (QED) is 0.870. The Kier molecular flexibility index (Phi) is 3.33. The van der Waals surface area contributed by atoms with Gasteiger partial charge in [-0.3, -0.25) is 4.98 Å². The Hall–Kier alpha value is -0.520. The average molecular weight is 272 g/mol. The highest BCUT2D eigenvalue weighted by molar-refractivity contribution is 9.10. The van der Waals surface area contributed by atoms with Crippen molar-refractivity contribution in [3.05, 3.63) is 22.7 Å². The van der Waals surface area contributed by atoms with E-state index in [-0.39, 0.29) is 12.1 Å². The second-order valence-electron chi connectivity index (χ2n) is 3.92. The third-order valence-corrected chi connectivity index (χ3v) is 3.26. The molecule has 0 aromatic carbocycles. The number of rotatable bonds is 3. The van der Waals surface area contributed by atoms with Gasteiger partial charge in [0.1, 0.15) is 4.60 Å². The van der Waals surface area contributed by atoms with E-state index in [0.29, 0.717) is 5.92 Å². The summed E-state index contributed by atoms with van der Waals surface area (Å²) in [6.07, 6.45) is 5.01. The minimum Gasteiger partial charge on any atom is -0.393 e. The summed E-state index contributed by atoms with van der Waals surface area (Å²) in [5.74, 6) is 0.466. The third kappa shape index (κ3) is 2.35. The summed E-state index contributed by atoms with van der Waals surface area (Å²) in [6, 6.07) is 0.193. The predicted molar refractivity (Wildman–Crippen MR) is 60.3 cm³/mol. The molecule has 1 aliphatic carbocycles. The topological polar surface area (TPSA) is 58.0 Å². The normalized spacial score (nSPS) is 27.1. The molecule has 1 heterocycles. The fourth-order valence-electron chi connectivity index (χ4n) is 2.03. The van der Waals surface area contributed by atoms with Gasteiger partial charge in [0.2, 0.25) is 0 Å². The molecule has 15 heavy (non-hydrogen) atoms. The van der Waals surface area contributed by atoms with Crippen LogP contribution in [0.3, 0.4) is 0 Å². The zero-order valence-electron chi connectivity index (χ0n) is 8.52. The summed E-state index contributed by atoms with van der Waals surface area (Å²) < 4.78 is 0.750. The Morgan fingerprint density at radius 3 is 2.80 bits per heavy atom. The van der Waals surface area contributed by atoms with Crippen LogP contribution in [0.4, 0.5) is 0 Å². The lowest BCUT2D eigenvalue weighted by Crippen LogP contribution is -2.38. The molecule has 0 radical (unpaired) electrons. The summed E-state index contributed by atoms with van der Waals surface area (Å²) in [4.78, 5) is 8.48. The van der Waals surface area contributed by atoms with E-state index in [9.17, 15) is 5.11 Å². The lowest BCUT2D eigenvalue weighted by atomic mass is 9.76. The average Bonchev–Trinajstić information content (AvgIpc) is 2.16. The standard InChI is InChI=1S/C10H14BrN3O/c1-12-10(6-2-7(15)3-6)8-4-13-5-9(11)14-8/h4-7,10,12,15H,2-3H2,1H3. The maximum atomic E-state index is 9.29. The second kappa shape index (κ2) is 4.55. The highest BCUT2D eigenvalue weighted by Gasteiger charge is 2.34. The first-order valence-corrected chi connectivity index (χ1v) is 5.82. The molecule has 1 fully saturated rings.